The molecule has 9 nitrogen and oxygen atoms in total. The van der Waals surface area contributed by atoms with Gasteiger partial charge < -0.3 is 16.0 Å². The lowest BCUT2D eigenvalue weighted by Crippen LogP contribution is -2.43. The van der Waals surface area contributed by atoms with Crippen LogP contribution in [-0.4, -0.2) is 51.4 Å². The lowest BCUT2D eigenvalue weighted by Gasteiger charge is -2.21. The van der Waals surface area contributed by atoms with E-state index in [4.69, 9.17) is 0 Å². The summed E-state index contributed by atoms with van der Waals surface area (Å²) in [7, 11) is 0. The number of nitrogens with one attached hydrogen (secondary N) is 3. The van der Waals surface area contributed by atoms with E-state index >= 15 is 0 Å². The Kier molecular flexibility index (Phi) is 5.68. The van der Waals surface area contributed by atoms with Crippen LogP contribution in [0.2, 0.25) is 0 Å². The van der Waals surface area contributed by atoms with Gasteiger partial charge in [-0.25, -0.2) is 4.68 Å². The normalized spacial score (nSPS) is 16.7. The number of aryl methyl sites for hydroxylation is 1. The molecule has 1 aliphatic heterocycles. The molecular formula is C18H25N7O2. The van der Waals surface area contributed by atoms with E-state index in [-0.39, 0.29) is 17.7 Å². The summed E-state index contributed by atoms with van der Waals surface area (Å²) in [4.78, 5) is 23.2. The van der Waals surface area contributed by atoms with Crippen LogP contribution in [0.15, 0.2) is 12.1 Å². The number of piperidine rings is 1. The van der Waals surface area contributed by atoms with Crippen LogP contribution in [0, 0.1) is 26.7 Å². The summed E-state index contributed by atoms with van der Waals surface area (Å²) in [5, 5.41) is 21.6. The van der Waals surface area contributed by atoms with Crippen LogP contribution in [-0.2, 0) is 9.59 Å². The van der Waals surface area contributed by atoms with Gasteiger partial charge in [0.25, 0.3) is 0 Å². The van der Waals surface area contributed by atoms with Crippen molar-refractivity contribution in [3.63, 3.8) is 0 Å². The molecular weight excluding hydrogens is 346 g/mol. The Balaban J connectivity index is 1.46. The van der Waals surface area contributed by atoms with E-state index in [9.17, 15) is 9.59 Å². The van der Waals surface area contributed by atoms with Gasteiger partial charge in [0.15, 0.2) is 5.82 Å². The maximum Gasteiger partial charge on any atom is 0.224 e. The molecule has 3 heterocycles. The zero-order valence-corrected chi connectivity index (χ0v) is 15.9. The summed E-state index contributed by atoms with van der Waals surface area (Å²) in [5.74, 6) is 1.14. The Morgan fingerprint density at radius 3 is 2.67 bits per heavy atom. The number of anilines is 1. The third-order valence-corrected chi connectivity index (χ3v) is 4.89. The quantitative estimate of drug-likeness (QED) is 0.642. The van der Waals surface area contributed by atoms with Gasteiger partial charge >= 0.3 is 0 Å². The predicted molar refractivity (Wildman–Crippen MR) is 101 cm³/mol. The highest BCUT2D eigenvalue weighted by molar-refractivity contribution is 5.83. The molecule has 27 heavy (non-hydrogen) atoms. The molecule has 0 saturated carbocycles. The minimum absolute atomic E-state index is 0.0124. The number of carbonyl (C=O) groups is 2. The lowest BCUT2D eigenvalue weighted by atomic mass is 9.98. The average Bonchev–Trinajstić information content (AvgIpc) is 2.93. The second-order valence-corrected chi connectivity index (χ2v) is 6.74. The summed E-state index contributed by atoms with van der Waals surface area (Å²) < 4.78 is 1.78. The first kappa shape index (κ1) is 18.8. The zero-order valence-electron chi connectivity index (χ0n) is 15.9. The smallest absolute Gasteiger partial charge is 0.224 e. The highest BCUT2D eigenvalue weighted by Crippen LogP contribution is 2.15. The fraction of sp³-hybridized carbons (Fsp3) is 0.500. The van der Waals surface area contributed by atoms with Crippen molar-refractivity contribution in [1.29, 1.82) is 0 Å². The molecule has 0 aromatic carbocycles. The van der Waals surface area contributed by atoms with Crippen molar-refractivity contribution in [3.8, 4) is 5.82 Å². The number of carbonyl (C=O) groups excluding carboxylic acids is 2. The molecule has 0 spiro atoms. The third-order valence-electron chi connectivity index (χ3n) is 4.89. The van der Waals surface area contributed by atoms with Gasteiger partial charge in [-0.15, -0.1) is 10.2 Å². The molecule has 0 radical (unpaired) electrons. The number of nitrogens with zero attached hydrogens (tertiary/aromatic N) is 4. The minimum atomic E-state index is -0.147. The van der Waals surface area contributed by atoms with E-state index in [2.05, 4.69) is 31.2 Å². The topological polar surface area (TPSA) is 114 Å². The number of amides is 2. The molecule has 144 valence electrons. The molecule has 1 saturated heterocycles. The van der Waals surface area contributed by atoms with Crippen LogP contribution < -0.4 is 16.0 Å². The molecule has 3 N–H and O–H groups in total. The van der Waals surface area contributed by atoms with E-state index in [1.807, 2.05) is 32.9 Å². The van der Waals surface area contributed by atoms with Gasteiger partial charge in [-0.3, -0.25) is 9.59 Å². The summed E-state index contributed by atoms with van der Waals surface area (Å²) in [6.45, 7) is 7.44. The maximum atomic E-state index is 12.1. The summed E-state index contributed by atoms with van der Waals surface area (Å²) in [6, 6.07) is 3.70. The van der Waals surface area contributed by atoms with Crippen molar-refractivity contribution in [2.45, 2.75) is 33.6 Å². The number of hydrogen-bond donors (Lipinski definition) is 3. The highest BCUT2D eigenvalue weighted by Gasteiger charge is 2.23. The Labute approximate surface area is 157 Å². The second-order valence-electron chi connectivity index (χ2n) is 6.74. The highest BCUT2D eigenvalue weighted by atomic mass is 16.2. The molecule has 1 atom stereocenters. The van der Waals surface area contributed by atoms with Crippen molar-refractivity contribution in [3.05, 3.63) is 29.1 Å². The van der Waals surface area contributed by atoms with Crippen LogP contribution in [0.5, 0.6) is 0 Å². The fourth-order valence-electron chi connectivity index (χ4n) is 2.95. The standard InChI is InChI=1S/C18H25N7O2/c1-11-12(2)24-25(13(11)3)16-6-5-15(22-23-16)19-8-9-20-18(27)14-4-7-17(26)21-10-14/h5-6,14H,4,7-10H2,1-3H3,(H,19,22)(H,20,27)(H,21,26). The number of aromatic nitrogens is 4. The van der Waals surface area contributed by atoms with Gasteiger partial charge in [-0.05, 0) is 44.9 Å². The SMILES string of the molecule is Cc1nn(-c2ccc(NCCNC(=O)C3CCC(=O)NC3)nn2)c(C)c1C. The second kappa shape index (κ2) is 8.15. The van der Waals surface area contributed by atoms with E-state index in [0.717, 1.165) is 17.0 Å². The van der Waals surface area contributed by atoms with Gasteiger partial charge in [0.2, 0.25) is 11.8 Å². The maximum absolute atomic E-state index is 12.1. The molecule has 9 heteroatoms. The molecule has 2 aromatic rings. The van der Waals surface area contributed by atoms with Crippen LogP contribution in [0.1, 0.15) is 29.8 Å². The molecule has 1 unspecified atom stereocenters. The van der Waals surface area contributed by atoms with Crippen LogP contribution in [0.3, 0.4) is 0 Å². The molecule has 1 fully saturated rings. The van der Waals surface area contributed by atoms with Crippen LogP contribution in [0.4, 0.5) is 5.82 Å². The first-order valence-corrected chi connectivity index (χ1v) is 9.11. The van der Waals surface area contributed by atoms with Gasteiger partial charge in [-0.1, -0.05) is 0 Å². The Hall–Kier alpha value is -2.97. The first-order valence-electron chi connectivity index (χ1n) is 9.11. The van der Waals surface area contributed by atoms with Crippen molar-refractivity contribution >= 4 is 17.6 Å². The largest absolute Gasteiger partial charge is 0.367 e. The van der Waals surface area contributed by atoms with Crippen molar-refractivity contribution in [2.75, 3.05) is 25.0 Å². The van der Waals surface area contributed by atoms with E-state index in [0.29, 0.717) is 44.1 Å². The van der Waals surface area contributed by atoms with Gasteiger partial charge in [-0.2, -0.15) is 5.10 Å². The Morgan fingerprint density at radius 1 is 1.26 bits per heavy atom. The average molecular weight is 371 g/mol. The molecule has 3 rings (SSSR count). The molecule has 2 aromatic heterocycles. The summed E-state index contributed by atoms with van der Waals surface area (Å²) in [6.07, 6.45) is 1.01. The zero-order chi connectivity index (χ0) is 19.4. The molecule has 2 amide bonds. The van der Waals surface area contributed by atoms with Gasteiger partial charge in [0, 0.05) is 31.7 Å². The summed E-state index contributed by atoms with van der Waals surface area (Å²) in [5.41, 5.74) is 3.17. The minimum Gasteiger partial charge on any atom is -0.367 e. The van der Waals surface area contributed by atoms with E-state index in [1.54, 1.807) is 4.68 Å². The monoisotopic (exact) mass is 371 g/mol. The van der Waals surface area contributed by atoms with E-state index < -0.39 is 0 Å². The molecule has 0 bridgehead atoms. The van der Waals surface area contributed by atoms with Crippen molar-refractivity contribution in [2.24, 2.45) is 5.92 Å². The summed E-state index contributed by atoms with van der Waals surface area (Å²) >= 11 is 0. The van der Waals surface area contributed by atoms with Crippen molar-refractivity contribution < 1.29 is 9.59 Å². The number of hydrogen-bond acceptors (Lipinski definition) is 6. The molecule has 0 aliphatic carbocycles. The van der Waals surface area contributed by atoms with Crippen LogP contribution >= 0.6 is 0 Å². The van der Waals surface area contributed by atoms with Crippen molar-refractivity contribution in [1.82, 2.24) is 30.6 Å². The van der Waals surface area contributed by atoms with E-state index in [1.165, 1.54) is 0 Å². The third kappa shape index (κ3) is 4.42. The Morgan fingerprint density at radius 2 is 2.07 bits per heavy atom. The number of rotatable bonds is 6. The molecule has 1 aliphatic rings. The first-order chi connectivity index (χ1) is 13.0. The van der Waals surface area contributed by atoms with Crippen LogP contribution in [0.25, 0.3) is 5.82 Å². The fourth-order valence-corrected chi connectivity index (χ4v) is 2.95. The van der Waals surface area contributed by atoms with Gasteiger partial charge in [0.05, 0.1) is 11.6 Å². The lowest BCUT2D eigenvalue weighted by molar-refractivity contribution is -0.128. The Bertz CT molecular complexity index is 819. The van der Waals surface area contributed by atoms with Gasteiger partial charge in [0.1, 0.15) is 5.82 Å². The predicted octanol–water partition coefficient (Wildman–Crippen LogP) is 0.642.